The van der Waals surface area contributed by atoms with Crippen LogP contribution in [0.3, 0.4) is 0 Å². The van der Waals surface area contributed by atoms with E-state index in [0.717, 1.165) is 17.7 Å². The minimum absolute atomic E-state index is 0.0575. The fourth-order valence-electron chi connectivity index (χ4n) is 4.45. The molecule has 1 aliphatic carbocycles. The van der Waals surface area contributed by atoms with Gasteiger partial charge < -0.3 is 21.1 Å². The third kappa shape index (κ3) is 14.3. The fourth-order valence-corrected chi connectivity index (χ4v) is 4.52. The van der Waals surface area contributed by atoms with Gasteiger partial charge in [0, 0.05) is 23.9 Å². The summed E-state index contributed by atoms with van der Waals surface area (Å²) in [6, 6.07) is 4.13. The molecule has 4 rings (SSSR count). The number of amides is 3. The van der Waals surface area contributed by atoms with Crippen LogP contribution >= 0.6 is 11.6 Å². The van der Waals surface area contributed by atoms with Crippen LogP contribution in [0.5, 0.6) is 0 Å². The minimum Gasteiger partial charge on any atom is -0.478 e. The molecule has 53 heavy (non-hydrogen) atoms. The van der Waals surface area contributed by atoms with E-state index in [9.17, 15) is 33.1 Å². The van der Waals surface area contributed by atoms with Crippen LogP contribution in [0, 0.1) is 18.6 Å². The molecule has 286 valence electrons. The minimum atomic E-state index is -1.03. The summed E-state index contributed by atoms with van der Waals surface area (Å²) in [6.45, 7) is 20.6. The largest absolute Gasteiger partial charge is 0.478 e. The van der Waals surface area contributed by atoms with Gasteiger partial charge in [0.1, 0.15) is 11.4 Å². The predicted molar refractivity (Wildman–Crippen MR) is 204 cm³/mol. The number of fused-ring (bicyclic) bond motifs is 1. The summed E-state index contributed by atoms with van der Waals surface area (Å²) < 4.78 is 28.1. The Morgan fingerprint density at radius 1 is 1.09 bits per heavy atom. The van der Waals surface area contributed by atoms with Gasteiger partial charge in [0.25, 0.3) is 11.8 Å². The second-order valence-corrected chi connectivity index (χ2v) is 12.1. The normalized spacial score (nSPS) is 16.4. The van der Waals surface area contributed by atoms with Gasteiger partial charge in [-0.15, -0.1) is 11.6 Å². The molecular formula is C39H49ClF2N6O5. The van der Waals surface area contributed by atoms with Crippen LogP contribution in [-0.2, 0) is 16.1 Å². The van der Waals surface area contributed by atoms with E-state index >= 15 is 0 Å². The maximum absolute atomic E-state index is 13.5. The summed E-state index contributed by atoms with van der Waals surface area (Å²) in [5, 5.41) is 21.4. The fraction of sp³-hybridized carbons (Fsp3) is 0.333. The lowest BCUT2D eigenvalue weighted by Crippen LogP contribution is -2.37. The van der Waals surface area contributed by atoms with Gasteiger partial charge in [-0.2, -0.15) is 5.10 Å². The van der Waals surface area contributed by atoms with Crippen molar-refractivity contribution in [3.8, 4) is 0 Å². The first kappa shape index (κ1) is 45.6. The summed E-state index contributed by atoms with van der Waals surface area (Å²) in [6.07, 6.45) is 10.8. The van der Waals surface area contributed by atoms with Gasteiger partial charge >= 0.3 is 5.97 Å². The first-order valence-electron chi connectivity index (χ1n) is 16.9. The molecule has 0 bridgehead atoms. The van der Waals surface area contributed by atoms with Crippen molar-refractivity contribution in [1.82, 2.24) is 30.5 Å². The lowest BCUT2D eigenvalue weighted by atomic mass is 10.0. The van der Waals surface area contributed by atoms with E-state index in [1.54, 1.807) is 26.8 Å². The first-order valence-corrected chi connectivity index (χ1v) is 17.4. The van der Waals surface area contributed by atoms with Crippen LogP contribution in [0.4, 0.5) is 8.78 Å². The van der Waals surface area contributed by atoms with E-state index < -0.39 is 35.5 Å². The molecule has 2 atom stereocenters. The molecule has 3 amide bonds. The van der Waals surface area contributed by atoms with Gasteiger partial charge in [-0.05, 0) is 83.2 Å². The molecule has 0 spiro atoms. The smallest absolute Gasteiger partial charge is 0.335 e. The van der Waals surface area contributed by atoms with Crippen molar-refractivity contribution in [2.75, 3.05) is 0 Å². The number of nitrogens with one attached hydrogen (secondary N) is 3. The number of carbonyl (C=O) groups excluding carboxylic acids is 3. The van der Waals surface area contributed by atoms with Crippen LogP contribution in [0.25, 0.3) is 5.65 Å². The Labute approximate surface area is 314 Å². The summed E-state index contributed by atoms with van der Waals surface area (Å²) in [4.78, 5) is 52.0. The maximum Gasteiger partial charge on any atom is 0.335 e. The van der Waals surface area contributed by atoms with E-state index in [1.807, 2.05) is 39.8 Å². The molecule has 0 radical (unpaired) electrons. The molecule has 0 aliphatic heterocycles. The van der Waals surface area contributed by atoms with Gasteiger partial charge in [-0.25, -0.2) is 23.1 Å². The average Bonchev–Trinajstić information content (AvgIpc) is 3.54. The van der Waals surface area contributed by atoms with Crippen LogP contribution in [0.1, 0.15) is 92.9 Å². The molecule has 0 fully saturated rings. The van der Waals surface area contributed by atoms with Crippen LogP contribution in [0.2, 0.25) is 0 Å². The molecule has 2 aromatic heterocycles. The number of carboxylic acids is 1. The summed E-state index contributed by atoms with van der Waals surface area (Å²) >= 11 is 5.49. The zero-order valence-electron chi connectivity index (χ0n) is 31.2. The highest BCUT2D eigenvalue weighted by atomic mass is 35.5. The Kier molecular flexibility index (Phi) is 20.0. The highest BCUT2D eigenvalue weighted by molar-refractivity contribution is 6.22. The van der Waals surface area contributed by atoms with Crippen molar-refractivity contribution < 1.29 is 33.1 Å². The van der Waals surface area contributed by atoms with Crippen LogP contribution < -0.4 is 16.0 Å². The highest BCUT2D eigenvalue weighted by Gasteiger charge is 2.23. The number of aliphatic carboxylic acids is 1. The van der Waals surface area contributed by atoms with Crippen molar-refractivity contribution in [2.45, 2.75) is 85.7 Å². The number of rotatable bonds is 9. The molecule has 1 aliphatic rings. The zero-order valence-corrected chi connectivity index (χ0v) is 32.0. The molecule has 4 N–H and O–H groups in total. The Bertz CT molecular complexity index is 1860. The number of halogens is 3. The van der Waals surface area contributed by atoms with Crippen molar-refractivity contribution in [2.24, 2.45) is 0 Å². The third-order valence-electron chi connectivity index (χ3n) is 7.56. The molecule has 1 aromatic carbocycles. The molecule has 3 aromatic rings. The molecule has 2 unspecified atom stereocenters. The number of carbonyl (C=O) groups is 4. The second kappa shape index (κ2) is 23.2. The maximum atomic E-state index is 13.5. The third-order valence-corrected chi connectivity index (χ3v) is 7.82. The van der Waals surface area contributed by atoms with E-state index in [2.05, 4.69) is 39.2 Å². The Balaban J connectivity index is 0.000000858. The van der Waals surface area contributed by atoms with E-state index in [0.29, 0.717) is 53.7 Å². The SMILES string of the molecule is C/C=C\C.C=C(NC=O)C(C)Cl.C=C1/C=C\C(C(=O)O)=C(\C)CCCC1NC(=O)c1cc(C(=O)NCc2ccc(F)c(F)c2)nc2c(C)cnn12.CC. The Morgan fingerprint density at radius 3 is 2.30 bits per heavy atom. The topological polar surface area (TPSA) is 155 Å². The lowest BCUT2D eigenvalue weighted by molar-refractivity contribution is -0.132. The number of hydrogen-bond acceptors (Lipinski definition) is 6. The first-order chi connectivity index (χ1) is 25.1. The number of benzene rings is 1. The number of hydrogen-bond donors (Lipinski definition) is 4. The van der Waals surface area contributed by atoms with E-state index in [4.69, 9.17) is 11.6 Å². The standard InChI is InChI=1S/C28H27F2N5O4.C5H8ClNO.C4H8.C2H6/c1-15-5-4-6-22(16(2)7-9-19(15)28(38)39)34-27(37)24-12-23(33-25-17(3)13-32-35(24)25)26(36)31-14-18-8-10-20(29)21(30)11-18;1-4(6)5(2)7-3-8;1-3-4-2;1-2/h7-13,22H,2,4-6,14H2,1,3H3,(H,31,36)(H,34,37)(H,38,39);3-4H,2H2,1H3,(H,7,8);3-4H,1-2H3;1-2H3/b9-7-,19-15+;;4-3-;. The summed E-state index contributed by atoms with van der Waals surface area (Å²) in [7, 11) is 0. The monoisotopic (exact) mass is 754 g/mol. The van der Waals surface area contributed by atoms with Crippen LogP contribution in [0.15, 0.2) is 90.3 Å². The number of carboxylic acid groups (broad SMARTS) is 1. The van der Waals surface area contributed by atoms with Crippen molar-refractivity contribution in [3.63, 3.8) is 0 Å². The van der Waals surface area contributed by atoms with Crippen molar-refractivity contribution in [1.29, 1.82) is 0 Å². The molecule has 0 saturated carbocycles. The zero-order chi connectivity index (χ0) is 40.2. The Hall–Kier alpha value is -5.43. The van der Waals surface area contributed by atoms with Gasteiger partial charge in [-0.3, -0.25) is 14.4 Å². The van der Waals surface area contributed by atoms with E-state index in [-0.39, 0.29) is 28.9 Å². The number of aryl methyl sites for hydroxylation is 1. The number of allylic oxidation sites excluding steroid dienone is 4. The average molecular weight is 755 g/mol. The van der Waals surface area contributed by atoms with Crippen molar-refractivity contribution >= 4 is 41.4 Å². The van der Waals surface area contributed by atoms with Gasteiger partial charge in [-0.1, -0.05) is 56.9 Å². The number of nitrogens with zero attached hydrogens (tertiary/aromatic N) is 3. The van der Waals surface area contributed by atoms with Gasteiger partial charge in [0.05, 0.1) is 23.2 Å². The molecule has 0 saturated heterocycles. The van der Waals surface area contributed by atoms with Crippen LogP contribution in [-0.4, -0.2) is 55.3 Å². The predicted octanol–water partition coefficient (Wildman–Crippen LogP) is 7.52. The number of alkyl halides is 1. The van der Waals surface area contributed by atoms with E-state index in [1.165, 1.54) is 28.9 Å². The lowest BCUT2D eigenvalue weighted by Gasteiger charge is -2.19. The number of aromatic nitrogens is 3. The molecule has 11 nitrogen and oxygen atoms in total. The molecule has 14 heteroatoms. The Morgan fingerprint density at radius 2 is 1.75 bits per heavy atom. The van der Waals surface area contributed by atoms with Gasteiger partial charge in [0.15, 0.2) is 17.3 Å². The second-order valence-electron chi connectivity index (χ2n) is 11.4. The summed E-state index contributed by atoms with van der Waals surface area (Å²) in [5.41, 5.74) is 3.29. The highest BCUT2D eigenvalue weighted by Crippen LogP contribution is 2.22. The molecular weight excluding hydrogens is 706 g/mol. The molecule has 2 heterocycles. The van der Waals surface area contributed by atoms with Gasteiger partial charge in [0.2, 0.25) is 6.41 Å². The van der Waals surface area contributed by atoms with Crippen molar-refractivity contribution in [3.05, 3.63) is 124 Å². The quantitative estimate of drug-likeness (QED) is 0.100. The summed E-state index contributed by atoms with van der Waals surface area (Å²) in [5.74, 6) is -4.18.